The summed E-state index contributed by atoms with van der Waals surface area (Å²) in [5, 5.41) is 3.09. The minimum Gasteiger partial charge on any atom is -0.466 e. The predicted octanol–water partition coefficient (Wildman–Crippen LogP) is 4.75. The normalized spacial score (nSPS) is 15.1. The second-order valence-electron chi connectivity index (χ2n) is 8.38. The zero-order valence-electron chi connectivity index (χ0n) is 19.4. The molecular formula is C25H28N6O3. The average Bonchev–Trinajstić information content (AvgIpc) is 2.89. The lowest BCUT2D eigenvalue weighted by Crippen LogP contribution is -2.45. The maximum atomic E-state index is 12.5. The molecule has 2 N–H and O–H groups in total. The number of ether oxygens (including phenoxy) is 1. The molecule has 9 heteroatoms. The van der Waals surface area contributed by atoms with Gasteiger partial charge in [-0.15, -0.1) is 4.91 Å². The minimum absolute atomic E-state index is 0.111. The van der Waals surface area contributed by atoms with Gasteiger partial charge in [0.15, 0.2) is 0 Å². The highest BCUT2D eigenvalue weighted by molar-refractivity contribution is 5.88. The summed E-state index contributed by atoms with van der Waals surface area (Å²) in [6, 6.07) is 8.98. The van der Waals surface area contributed by atoms with Crippen molar-refractivity contribution in [2.24, 2.45) is 10.6 Å². The van der Waals surface area contributed by atoms with E-state index in [1.807, 2.05) is 38.1 Å². The standard InChI is InChI=1S/C25H28N6O3/c1-3-25(23(32)34-4-2)8-11-31(12-9-25)24-28-15-18(16-29-24)17-13-19(20-7-5-6-10-27-20)22(26)21(14-17)30-33/h5-7,10,13-16H,3-4,8-9,11-12,26H2,1-2H3. The van der Waals surface area contributed by atoms with Crippen LogP contribution in [-0.4, -0.2) is 40.6 Å². The molecule has 0 spiro atoms. The topological polar surface area (TPSA) is 124 Å². The van der Waals surface area contributed by atoms with Gasteiger partial charge in [0.05, 0.1) is 23.4 Å². The quantitative estimate of drug-likeness (QED) is 0.304. The van der Waals surface area contributed by atoms with Gasteiger partial charge in [0.1, 0.15) is 5.69 Å². The Morgan fingerprint density at radius 1 is 1.12 bits per heavy atom. The van der Waals surface area contributed by atoms with Gasteiger partial charge < -0.3 is 15.4 Å². The number of benzene rings is 1. The Labute approximate surface area is 198 Å². The Morgan fingerprint density at radius 2 is 1.85 bits per heavy atom. The number of nitrogens with zero attached hydrogens (tertiary/aromatic N) is 5. The van der Waals surface area contributed by atoms with Gasteiger partial charge in [0, 0.05) is 42.8 Å². The number of piperidine rings is 1. The van der Waals surface area contributed by atoms with Gasteiger partial charge >= 0.3 is 5.97 Å². The molecule has 0 radical (unpaired) electrons. The molecule has 4 rings (SSSR count). The van der Waals surface area contributed by atoms with E-state index in [0.29, 0.717) is 49.7 Å². The Balaban J connectivity index is 1.56. The molecule has 0 unspecified atom stereocenters. The number of carbonyl (C=O) groups is 1. The van der Waals surface area contributed by atoms with Crippen molar-refractivity contribution in [3.63, 3.8) is 0 Å². The third-order valence-electron chi connectivity index (χ3n) is 6.56. The molecule has 9 nitrogen and oxygen atoms in total. The van der Waals surface area contributed by atoms with E-state index in [9.17, 15) is 9.70 Å². The monoisotopic (exact) mass is 460 g/mol. The Morgan fingerprint density at radius 3 is 2.44 bits per heavy atom. The third kappa shape index (κ3) is 4.46. The summed E-state index contributed by atoms with van der Waals surface area (Å²) in [6.45, 7) is 5.61. The number of pyridine rings is 1. The van der Waals surface area contributed by atoms with E-state index in [0.717, 1.165) is 17.5 Å². The fraction of sp³-hybridized carbons (Fsp3) is 0.360. The number of aromatic nitrogens is 3. The number of rotatable bonds is 7. The van der Waals surface area contributed by atoms with Gasteiger partial charge in [0.2, 0.25) is 5.95 Å². The molecule has 0 amide bonds. The molecule has 0 aliphatic carbocycles. The van der Waals surface area contributed by atoms with E-state index >= 15 is 0 Å². The van der Waals surface area contributed by atoms with E-state index < -0.39 is 5.41 Å². The van der Waals surface area contributed by atoms with Crippen LogP contribution in [0.1, 0.15) is 33.1 Å². The van der Waals surface area contributed by atoms with Crippen LogP contribution < -0.4 is 10.6 Å². The van der Waals surface area contributed by atoms with Crippen LogP contribution in [0.4, 0.5) is 17.3 Å². The minimum atomic E-state index is -0.434. The van der Waals surface area contributed by atoms with Crippen molar-refractivity contribution in [2.75, 3.05) is 30.3 Å². The molecule has 3 aromatic rings. The first-order valence-corrected chi connectivity index (χ1v) is 11.4. The molecule has 1 aliphatic rings. The maximum Gasteiger partial charge on any atom is 0.312 e. The highest BCUT2D eigenvalue weighted by Gasteiger charge is 2.41. The average molecular weight is 461 g/mol. The molecule has 0 saturated carbocycles. The fourth-order valence-electron chi connectivity index (χ4n) is 4.37. The highest BCUT2D eigenvalue weighted by atomic mass is 16.5. The van der Waals surface area contributed by atoms with Gasteiger partial charge in [-0.1, -0.05) is 13.0 Å². The third-order valence-corrected chi connectivity index (χ3v) is 6.56. The second kappa shape index (κ2) is 9.94. The van der Waals surface area contributed by atoms with E-state index in [1.54, 1.807) is 24.7 Å². The van der Waals surface area contributed by atoms with Gasteiger partial charge in [-0.3, -0.25) is 9.78 Å². The van der Waals surface area contributed by atoms with Crippen molar-refractivity contribution in [3.8, 4) is 22.4 Å². The van der Waals surface area contributed by atoms with Gasteiger partial charge in [-0.2, -0.15) is 0 Å². The van der Waals surface area contributed by atoms with Crippen LogP contribution in [0.5, 0.6) is 0 Å². The first-order chi connectivity index (χ1) is 16.5. The van der Waals surface area contributed by atoms with Crippen molar-refractivity contribution < 1.29 is 9.53 Å². The maximum absolute atomic E-state index is 12.5. The lowest BCUT2D eigenvalue weighted by Gasteiger charge is -2.39. The van der Waals surface area contributed by atoms with E-state index in [1.165, 1.54) is 0 Å². The molecule has 0 atom stereocenters. The number of nitrogen functional groups attached to an aromatic ring is 1. The summed E-state index contributed by atoms with van der Waals surface area (Å²) in [5.74, 6) is 0.492. The molecular weight excluding hydrogens is 432 g/mol. The zero-order chi connectivity index (χ0) is 24.1. The number of carbonyl (C=O) groups excluding carboxylic acids is 1. The van der Waals surface area contributed by atoms with E-state index in [-0.39, 0.29) is 17.3 Å². The van der Waals surface area contributed by atoms with Gasteiger partial charge in [-0.25, -0.2) is 9.97 Å². The predicted molar refractivity (Wildman–Crippen MR) is 131 cm³/mol. The number of nitroso groups, excluding NO2 is 1. The zero-order valence-corrected chi connectivity index (χ0v) is 19.4. The molecule has 2 aromatic heterocycles. The Bertz CT molecular complexity index is 1160. The summed E-state index contributed by atoms with van der Waals surface area (Å²) in [4.78, 5) is 39.4. The van der Waals surface area contributed by atoms with E-state index in [2.05, 4.69) is 25.0 Å². The molecule has 1 saturated heterocycles. The molecule has 1 aliphatic heterocycles. The largest absolute Gasteiger partial charge is 0.466 e. The number of nitrogens with two attached hydrogens (primary N) is 1. The first kappa shape index (κ1) is 23.3. The smallest absolute Gasteiger partial charge is 0.312 e. The molecule has 1 fully saturated rings. The number of hydrogen-bond acceptors (Lipinski definition) is 9. The SMILES string of the molecule is CCOC(=O)C1(CC)CCN(c2ncc(-c3cc(N=O)c(N)c(-c4ccccn4)c3)cn2)CC1. The summed E-state index contributed by atoms with van der Waals surface area (Å²) in [6.07, 6.45) is 7.26. The van der Waals surface area contributed by atoms with Crippen LogP contribution in [0, 0.1) is 10.3 Å². The number of esters is 1. The van der Waals surface area contributed by atoms with Crippen LogP contribution in [0.15, 0.2) is 54.1 Å². The molecule has 176 valence electrons. The summed E-state index contributed by atoms with van der Waals surface area (Å²) < 4.78 is 5.32. The summed E-state index contributed by atoms with van der Waals surface area (Å²) in [7, 11) is 0. The lowest BCUT2D eigenvalue weighted by molar-refractivity contribution is -0.157. The summed E-state index contributed by atoms with van der Waals surface area (Å²) in [5.41, 5.74) is 8.89. The molecule has 34 heavy (non-hydrogen) atoms. The Kier molecular flexibility index (Phi) is 6.81. The van der Waals surface area contributed by atoms with Crippen molar-refractivity contribution >= 4 is 23.3 Å². The van der Waals surface area contributed by atoms with Gasteiger partial charge in [0.25, 0.3) is 0 Å². The summed E-state index contributed by atoms with van der Waals surface area (Å²) >= 11 is 0. The van der Waals surface area contributed by atoms with Crippen LogP contribution in [0.3, 0.4) is 0 Å². The number of hydrogen-bond donors (Lipinski definition) is 1. The molecule has 1 aromatic carbocycles. The number of anilines is 2. The highest BCUT2D eigenvalue weighted by Crippen LogP contribution is 2.39. The second-order valence-corrected chi connectivity index (χ2v) is 8.38. The fourth-order valence-corrected chi connectivity index (χ4v) is 4.37. The van der Waals surface area contributed by atoms with Crippen molar-refractivity contribution in [3.05, 3.63) is 53.8 Å². The van der Waals surface area contributed by atoms with Crippen LogP contribution >= 0.6 is 0 Å². The van der Waals surface area contributed by atoms with Crippen molar-refractivity contribution in [2.45, 2.75) is 33.1 Å². The molecule has 0 bridgehead atoms. The lowest BCUT2D eigenvalue weighted by atomic mass is 9.76. The van der Waals surface area contributed by atoms with E-state index in [4.69, 9.17) is 10.5 Å². The Hall–Kier alpha value is -3.88. The van der Waals surface area contributed by atoms with Crippen molar-refractivity contribution in [1.82, 2.24) is 15.0 Å². The van der Waals surface area contributed by atoms with Crippen LogP contribution in [0.25, 0.3) is 22.4 Å². The van der Waals surface area contributed by atoms with Crippen LogP contribution in [-0.2, 0) is 9.53 Å². The molecule has 3 heterocycles. The first-order valence-electron chi connectivity index (χ1n) is 11.4. The van der Waals surface area contributed by atoms with Crippen LogP contribution in [0.2, 0.25) is 0 Å². The van der Waals surface area contributed by atoms with Gasteiger partial charge in [-0.05, 0) is 61.2 Å². The van der Waals surface area contributed by atoms with Crippen molar-refractivity contribution in [1.29, 1.82) is 0 Å².